The van der Waals surface area contributed by atoms with Gasteiger partial charge in [0.25, 0.3) is 5.56 Å². The first-order valence-corrected chi connectivity index (χ1v) is 16.1. The number of nitrogens with one attached hydrogen (secondary N) is 2. The Morgan fingerprint density at radius 1 is 1.10 bits per heavy atom. The molecule has 0 amide bonds. The minimum atomic E-state index is -4.72. The Labute approximate surface area is 238 Å². The van der Waals surface area contributed by atoms with E-state index in [0.29, 0.717) is 18.1 Å². The quantitative estimate of drug-likeness (QED) is 0.256. The molecule has 228 valence electrons. The minimum Gasteiger partial charge on any atom is -0.369 e. The summed E-state index contributed by atoms with van der Waals surface area (Å²) in [5.41, 5.74) is 5.12. The summed E-state index contributed by atoms with van der Waals surface area (Å²) in [5.74, 6) is -0.298. The maximum Gasteiger partial charge on any atom is 0.472 e. The number of phosphoric ester groups is 2. The van der Waals surface area contributed by atoms with E-state index in [-0.39, 0.29) is 36.2 Å². The molecule has 1 aliphatic carbocycles. The Hall–Kier alpha value is -2.79. The molecule has 2 unspecified atom stereocenters. The van der Waals surface area contributed by atoms with Crippen LogP contribution in [0.1, 0.15) is 31.8 Å². The number of nitrogens with zero attached hydrogens (tertiary/aromatic N) is 5. The predicted molar refractivity (Wildman–Crippen MR) is 144 cm³/mol. The van der Waals surface area contributed by atoms with Crippen LogP contribution in [0.4, 0.5) is 11.8 Å². The van der Waals surface area contributed by atoms with Crippen molar-refractivity contribution in [1.82, 2.24) is 29.5 Å². The monoisotopic (exact) mass is 628 g/mol. The molecule has 42 heavy (non-hydrogen) atoms. The summed E-state index contributed by atoms with van der Waals surface area (Å²) in [5, 5.41) is 3.24. The van der Waals surface area contributed by atoms with E-state index in [4.69, 9.17) is 28.6 Å². The van der Waals surface area contributed by atoms with Crippen LogP contribution in [0.5, 0.6) is 0 Å². The average molecular weight is 628 g/mol. The van der Waals surface area contributed by atoms with Gasteiger partial charge in [0.15, 0.2) is 17.4 Å². The maximum atomic E-state index is 13.2. The highest BCUT2D eigenvalue weighted by atomic mass is 31.2. The Morgan fingerprint density at radius 2 is 1.86 bits per heavy atom. The van der Waals surface area contributed by atoms with E-state index >= 15 is 0 Å². The number of aryl methyl sites for hydroxylation is 1. The third-order valence-corrected chi connectivity index (χ3v) is 9.56. The van der Waals surface area contributed by atoms with E-state index in [1.165, 1.54) is 10.9 Å². The van der Waals surface area contributed by atoms with Crippen LogP contribution in [0.2, 0.25) is 0 Å². The molecule has 20 heteroatoms. The average Bonchev–Trinajstić information content (AvgIpc) is 3.57. The summed E-state index contributed by atoms with van der Waals surface area (Å²) < 4.78 is 55.6. The van der Waals surface area contributed by atoms with Crippen LogP contribution >= 0.6 is 15.6 Å². The Bertz CT molecular complexity index is 1640. The molecule has 9 atom stereocenters. The van der Waals surface area contributed by atoms with Crippen molar-refractivity contribution in [3.8, 4) is 0 Å². The van der Waals surface area contributed by atoms with Crippen molar-refractivity contribution in [3.63, 3.8) is 0 Å². The van der Waals surface area contributed by atoms with Crippen LogP contribution in [0, 0.1) is 18.8 Å². The smallest absolute Gasteiger partial charge is 0.369 e. The van der Waals surface area contributed by atoms with Crippen LogP contribution in [0.25, 0.3) is 11.2 Å². The Kier molecular flexibility index (Phi) is 7.70. The maximum absolute atomic E-state index is 13.2. The molecule has 2 bridgehead atoms. The van der Waals surface area contributed by atoms with E-state index in [1.807, 2.05) is 0 Å². The minimum absolute atomic E-state index is 0.0424. The number of H-pyrrole nitrogens is 1. The van der Waals surface area contributed by atoms with Crippen molar-refractivity contribution in [2.24, 2.45) is 11.8 Å². The number of aromatic nitrogens is 6. The van der Waals surface area contributed by atoms with Gasteiger partial charge in [0, 0.05) is 24.1 Å². The van der Waals surface area contributed by atoms with Gasteiger partial charge < -0.3 is 25.6 Å². The largest absolute Gasteiger partial charge is 0.472 e. The van der Waals surface area contributed by atoms with Gasteiger partial charge in [-0.2, -0.15) is 4.98 Å². The lowest BCUT2D eigenvalue weighted by molar-refractivity contribution is -0.0547. The van der Waals surface area contributed by atoms with Crippen molar-refractivity contribution in [1.29, 1.82) is 0 Å². The van der Waals surface area contributed by atoms with Gasteiger partial charge in [-0.3, -0.25) is 32.4 Å². The summed E-state index contributed by atoms with van der Waals surface area (Å²) in [4.78, 5) is 52.6. The molecule has 6 rings (SSSR count). The molecule has 1 saturated carbocycles. The fourth-order valence-corrected chi connectivity index (χ4v) is 7.58. The number of hydrogen-bond acceptors (Lipinski definition) is 14. The summed E-state index contributed by atoms with van der Waals surface area (Å²) in [6.07, 6.45) is -0.566. The van der Waals surface area contributed by atoms with Gasteiger partial charge in [-0.25, -0.2) is 24.1 Å². The topological polar surface area (TPSA) is 248 Å². The molecule has 5 heterocycles. The molecule has 3 aliphatic rings. The zero-order valence-electron chi connectivity index (χ0n) is 22.5. The fourth-order valence-electron chi connectivity index (χ4n) is 5.54. The molecule has 2 saturated heterocycles. The number of rotatable bonds is 3. The van der Waals surface area contributed by atoms with Crippen LogP contribution < -0.4 is 16.6 Å². The predicted octanol–water partition coefficient (Wildman–Crippen LogP) is 1.24. The third kappa shape index (κ3) is 6.00. The molecule has 18 nitrogen and oxygen atoms in total. The highest BCUT2D eigenvalue weighted by Crippen LogP contribution is 2.54. The number of nitrogen functional groups attached to an aromatic ring is 1. The van der Waals surface area contributed by atoms with Crippen LogP contribution in [0.15, 0.2) is 23.4 Å². The van der Waals surface area contributed by atoms with Crippen LogP contribution in [-0.2, 0) is 32.0 Å². The number of anilines is 2. The third-order valence-electron chi connectivity index (χ3n) is 7.56. The molecular formula is C22H30N8O10P2. The number of fused-ring (bicyclic) bond motifs is 4. The van der Waals surface area contributed by atoms with Crippen molar-refractivity contribution in [2.45, 2.75) is 57.3 Å². The van der Waals surface area contributed by atoms with E-state index in [0.717, 1.165) is 0 Å². The summed E-state index contributed by atoms with van der Waals surface area (Å²) in [7, 11) is -9.34. The van der Waals surface area contributed by atoms with Crippen molar-refractivity contribution >= 4 is 38.6 Å². The van der Waals surface area contributed by atoms with E-state index in [1.54, 1.807) is 26.1 Å². The molecule has 0 aromatic carbocycles. The van der Waals surface area contributed by atoms with Gasteiger partial charge in [0.05, 0.1) is 31.7 Å². The highest BCUT2D eigenvalue weighted by molar-refractivity contribution is 7.47. The SMILES string of the molecule is Cc1nccc(N[C@@H]2C[C@@H]3COP(=O)(O)O[C@@H]4[C@H](C)[C@@H](COP(=O)(O)O[C@H]3C2)O[C@H]4n2cnc3c(=O)[nH]c(N)nc32)n1. The first kappa shape index (κ1) is 29.3. The Balaban J connectivity index is 1.27. The molecule has 0 radical (unpaired) electrons. The van der Waals surface area contributed by atoms with E-state index in [9.17, 15) is 23.7 Å². The highest BCUT2D eigenvalue weighted by Gasteiger charge is 2.50. The molecule has 0 spiro atoms. The standard InChI is InChI=1S/C22H30N8O10P2/c1-10-15-8-37-41(32,33)39-14-6-13(27-16-3-4-24-11(2)26-16)5-12(14)7-36-42(34,35)40-18(10)21(38-15)30-9-25-17-19(30)28-22(23)29-20(17)31/h3-4,9-10,12-15,18,21H,5-8H2,1-2H3,(H,32,33)(H,34,35)(H,24,26,27)(H3,23,28,29,31)/t10-,12-,13-,14+,15-,18-,21-/m1/s1. The zero-order chi connectivity index (χ0) is 29.8. The van der Waals surface area contributed by atoms with Gasteiger partial charge in [-0.15, -0.1) is 0 Å². The molecule has 3 aromatic heterocycles. The lowest BCUT2D eigenvalue weighted by Crippen LogP contribution is -2.28. The van der Waals surface area contributed by atoms with Gasteiger partial charge in [-0.05, 0) is 25.8 Å². The van der Waals surface area contributed by atoms with Gasteiger partial charge >= 0.3 is 15.6 Å². The summed E-state index contributed by atoms with van der Waals surface area (Å²) in [6, 6.07) is 1.43. The second-order valence-electron chi connectivity index (χ2n) is 10.5. The zero-order valence-corrected chi connectivity index (χ0v) is 24.3. The Morgan fingerprint density at radius 3 is 2.64 bits per heavy atom. The van der Waals surface area contributed by atoms with Crippen molar-refractivity contribution < 1.29 is 41.7 Å². The van der Waals surface area contributed by atoms with Crippen LogP contribution in [0.3, 0.4) is 0 Å². The number of imidazole rings is 1. The first-order valence-electron chi connectivity index (χ1n) is 13.1. The van der Waals surface area contributed by atoms with Gasteiger partial charge in [-0.1, -0.05) is 6.92 Å². The molecular weight excluding hydrogens is 598 g/mol. The number of nitrogens with two attached hydrogens (primary N) is 1. The van der Waals surface area contributed by atoms with Crippen LogP contribution in [-0.4, -0.2) is 76.8 Å². The normalized spacial score (nSPS) is 37.5. The number of ether oxygens (including phenoxy) is 1. The van der Waals surface area contributed by atoms with Crippen molar-refractivity contribution in [3.05, 3.63) is 34.8 Å². The summed E-state index contributed by atoms with van der Waals surface area (Å²) in [6.45, 7) is 2.66. The van der Waals surface area contributed by atoms with Gasteiger partial charge in [0.2, 0.25) is 5.95 Å². The molecule has 6 N–H and O–H groups in total. The van der Waals surface area contributed by atoms with E-state index in [2.05, 4.69) is 30.2 Å². The second kappa shape index (κ2) is 11.0. The molecule has 3 fully saturated rings. The van der Waals surface area contributed by atoms with Crippen molar-refractivity contribution in [2.75, 3.05) is 24.3 Å². The summed E-state index contributed by atoms with van der Waals surface area (Å²) >= 11 is 0. The molecule has 3 aromatic rings. The lowest BCUT2D eigenvalue weighted by Gasteiger charge is -2.26. The number of phosphoric acid groups is 2. The fraction of sp³-hybridized carbons (Fsp3) is 0.591. The second-order valence-corrected chi connectivity index (χ2v) is 13.3. The first-order chi connectivity index (χ1) is 19.9. The lowest BCUT2D eigenvalue weighted by atomic mass is 10.0. The molecule has 2 aliphatic heterocycles. The number of hydrogen-bond donors (Lipinski definition) is 5. The van der Waals surface area contributed by atoms with E-state index < -0.39 is 64.2 Å². The van der Waals surface area contributed by atoms with Gasteiger partial charge in [0.1, 0.15) is 17.7 Å². The number of aromatic amines is 1.